The summed E-state index contributed by atoms with van der Waals surface area (Å²) in [6.45, 7) is 4.37. The van der Waals surface area contributed by atoms with Crippen LogP contribution in [-0.2, 0) is 0 Å². The Kier molecular flexibility index (Phi) is 3.76. The standard InChI is InChI=1S/C14H23N3O/c1-10-3-5-14(9-18,6-4-10)17-13-12(15)7-11(2)8-16-13/h7-8,10,18H,3-6,9,15H2,1-2H3,(H,16,17). The topological polar surface area (TPSA) is 71.2 Å². The molecule has 0 bridgehead atoms. The third kappa shape index (κ3) is 2.75. The molecule has 1 heterocycles. The molecular weight excluding hydrogens is 226 g/mol. The Morgan fingerprint density at radius 2 is 2.17 bits per heavy atom. The molecule has 1 aliphatic rings. The minimum atomic E-state index is -0.247. The number of aryl methyl sites for hydroxylation is 1. The predicted octanol–water partition coefficient (Wildman–Crippen LogP) is 2.33. The van der Waals surface area contributed by atoms with Gasteiger partial charge in [0.25, 0.3) is 0 Å². The number of aromatic nitrogens is 1. The minimum absolute atomic E-state index is 0.134. The fraction of sp³-hybridized carbons (Fsp3) is 0.643. The van der Waals surface area contributed by atoms with Gasteiger partial charge in [-0.25, -0.2) is 4.98 Å². The fourth-order valence-corrected chi connectivity index (χ4v) is 2.58. The molecule has 1 fully saturated rings. The monoisotopic (exact) mass is 249 g/mol. The Morgan fingerprint density at radius 1 is 1.50 bits per heavy atom. The minimum Gasteiger partial charge on any atom is -0.396 e. The molecule has 100 valence electrons. The zero-order chi connectivity index (χ0) is 13.2. The SMILES string of the molecule is Cc1cnc(NC2(CO)CCC(C)CC2)c(N)c1. The number of hydrogen-bond acceptors (Lipinski definition) is 4. The summed E-state index contributed by atoms with van der Waals surface area (Å²) in [6, 6.07) is 1.91. The Morgan fingerprint density at radius 3 is 2.72 bits per heavy atom. The average Bonchev–Trinajstić information content (AvgIpc) is 2.36. The van der Waals surface area contributed by atoms with Crippen molar-refractivity contribution in [1.82, 2.24) is 4.98 Å². The molecule has 4 N–H and O–H groups in total. The van der Waals surface area contributed by atoms with Crippen LogP contribution in [0.2, 0.25) is 0 Å². The molecule has 0 aromatic carbocycles. The van der Waals surface area contributed by atoms with E-state index in [1.807, 2.05) is 13.0 Å². The van der Waals surface area contributed by atoms with Crippen LogP contribution >= 0.6 is 0 Å². The van der Waals surface area contributed by atoms with E-state index in [-0.39, 0.29) is 12.1 Å². The molecule has 4 heteroatoms. The molecule has 0 atom stereocenters. The van der Waals surface area contributed by atoms with Crippen LogP contribution in [0.25, 0.3) is 0 Å². The van der Waals surface area contributed by atoms with Crippen LogP contribution in [0.4, 0.5) is 11.5 Å². The Hall–Kier alpha value is -1.29. The molecular formula is C14H23N3O. The van der Waals surface area contributed by atoms with Gasteiger partial charge in [-0.3, -0.25) is 0 Å². The second-order valence-electron chi connectivity index (χ2n) is 5.70. The first-order valence-electron chi connectivity index (χ1n) is 6.66. The van der Waals surface area contributed by atoms with Gasteiger partial charge >= 0.3 is 0 Å². The second-order valence-corrected chi connectivity index (χ2v) is 5.70. The number of anilines is 2. The van der Waals surface area contributed by atoms with E-state index < -0.39 is 0 Å². The number of nitrogens with one attached hydrogen (secondary N) is 1. The molecule has 1 aliphatic carbocycles. The maximum absolute atomic E-state index is 9.70. The van der Waals surface area contributed by atoms with Crippen molar-refractivity contribution < 1.29 is 5.11 Å². The van der Waals surface area contributed by atoms with Crippen LogP contribution in [0.3, 0.4) is 0 Å². The van der Waals surface area contributed by atoms with Gasteiger partial charge in [0.2, 0.25) is 0 Å². The summed E-state index contributed by atoms with van der Waals surface area (Å²) in [5.74, 6) is 1.44. The molecule has 18 heavy (non-hydrogen) atoms. The van der Waals surface area contributed by atoms with Crippen LogP contribution in [0.1, 0.15) is 38.2 Å². The molecule has 0 saturated heterocycles. The van der Waals surface area contributed by atoms with Gasteiger partial charge in [0.05, 0.1) is 17.8 Å². The highest BCUT2D eigenvalue weighted by Crippen LogP contribution is 2.35. The van der Waals surface area contributed by atoms with Crippen molar-refractivity contribution >= 4 is 11.5 Å². The Labute approximate surface area is 109 Å². The number of nitrogen functional groups attached to an aromatic ring is 1. The maximum atomic E-state index is 9.70. The first kappa shape index (κ1) is 13.1. The van der Waals surface area contributed by atoms with Gasteiger partial charge in [-0.2, -0.15) is 0 Å². The quantitative estimate of drug-likeness (QED) is 0.769. The summed E-state index contributed by atoms with van der Waals surface area (Å²) >= 11 is 0. The van der Waals surface area contributed by atoms with E-state index in [0.29, 0.717) is 11.5 Å². The number of aliphatic hydroxyl groups is 1. The maximum Gasteiger partial charge on any atom is 0.149 e. The normalized spacial score (nSPS) is 28.1. The molecule has 4 nitrogen and oxygen atoms in total. The van der Waals surface area contributed by atoms with Gasteiger partial charge < -0.3 is 16.2 Å². The van der Waals surface area contributed by atoms with E-state index in [1.165, 1.54) is 0 Å². The molecule has 0 unspecified atom stereocenters. The summed E-state index contributed by atoms with van der Waals surface area (Å²) < 4.78 is 0. The highest BCUT2D eigenvalue weighted by Gasteiger charge is 2.34. The molecule has 1 aromatic rings. The van der Waals surface area contributed by atoms with E-state index in [1.54, 1.807) is 6.20 Å². The van der Waals surface area contributed by atoms with Gasteiger partial charge in [-0.05, 0) is 50.2 Å². The highest BCUT2D eigenvalue weighted by atomic mass is 16.3. The van der Waals surface area contributed by atoms with Gasteiger partial charge in [-0.15, -0.1) is 0 Å². The highest BCUT2D eigenvalue weighted by molar-refractivity contribution is 5.62. The third-order valence-corrected chi connectivity index (χ3v) is 3.97. The second kappa shape index (κ2) is 5.14. The van der Waals surface area contributed by atoms with Crippen molar-refractivity contribution in [2.45, 2.75) is 45.1 Å². The number of rotatable bonds is 3. The largest absolute Gasteiger partial charge is 0.396 e. The summed E-state index contributed by atoms with van der Waals surface area (Å²) in [5.41, 5.74) is 7.43. The smallest absolute Gasteiger partial charge is 0.149 e. The van der Waals surface area contributed by atoms with Crippen molar-refractivity contribution in [3.05, 3.63) is 17.8 Å². The lowest BCUT2D eigenvalue weighted by atomic mass is 9.77. The van der Waals surface area contributed by atoms with Crippen molar-refractivity contribution in [3.63, 3.8) is 0 Å². The molecule has 1 saturated carbocycles. The zero-order valence-corrected chi connectivity index (χ0v) is 11.2. The predicted molar refractivity (Wildman–Crippen MR) is 74.5 cm³/mol. The number of nitrogens with two attached hydrogens (primary N) is 1. The molecule has 0 radical (unpaired) electrons. The molecule has 0 spiro atoms. The van der Waals surface area contributed by atoms with Crippen LogP contribution in [-0.4, -0.2) is 22.2 Å². The Bertz CT molecular complexity index is 412. The van der Waals surface area contributed by atoms with Crippen molar-refractivity contribution in [2.75, 3.05) is 17.7 Å². The van der Waals surface area contributed by atoms with Crippen molar-refractivity contribution in [3.8, 4) is 0 Å². The van der Waals surface area contributed by atoms with E-state index in [4.69, 9.17) is 5.73 Å². The third-order valence-electron chi connectivity index (χ3n) is 3.97. The van der Waals surface area contributed by atoms with E-state index in [2.05, 4.69) is 17.2 Å². The van der Waals surface area contributed by atoms with Crippen molar-refractivity contribution in [1.29, 1.82) is 0 Å². The number of aliphatic hydroxyl groups excluding tert-OH is 1. The fourth-order valence-electron chi connectivity index (χ4n) is 2.58. The van der Waals surface area contributed by atoms with Crippen LogP contribution in [0.5, 0.6) is 0 Å². The number of hydrogen-bond donors (Lipinski definition) is 3. The summed E-state index contributed by atoms with van der Waals surface area (Å²) in [5, 5.41) is 13.1. The lowest BCUT2D eigenvalue weighted by Crippen LogP contribution is -2.45. The first-order valence-corrected chi connectivity index (χ1v) is 6.66. The lowest BCUT2D eigenvalue weighted by Gasteiger charge is -2.39. The number of pyridine rings is 1. The van der Waals surface area contributed by atoms with Gasteiger partial charge in [0, 0.05) is 6.20 Å². The Balaban J connectivity index is 2.15. The van der Waals surface area contributed by atoms with Crippen LogP contribution in [0, 0.1) is 12.8 Å². The van der Waals surface area contributed by atoms with E-state index in [0.717, 1.165) is 37.2 Å². The average molecular weight is 249 g/mol. The summed E-state index contributed by atoms with van der Waals surface area (Å²) in [7, 11) is 0. The van der Waals surface area contributed by atoms with E-state index in [9.17, 15) is 5.11 Å². The zero-order valence-electron chi connectivity index (χ0n) is 11.2. The van der Waals surface area contributed by atoms with E-state index >= 15 is 0 Å². The molecule has 0 aliphatic heterocycles. The molecule has 1 aromatic heterocycles. The summed E-state index contributed by atoms with van der Waals surface area (Å²) in [4.78, 5) is 4.34. The van der Waals surface area contributed by atoms with Gasteiger partial charge in [-0.1, -0.05) is 6.92 Å². The van der Waals surface area contributed by atoms with Crippen LogP contribution in [0.15, 0.2) is 12.3 Å². The first-order chi connectivity index (χ1) is 8.54. The molecule has 2 rings (SSSR count). The van der Waals surface area contributed by atoms with Gasteiger partial charge in [0.15, 0.2) is 0 Å². The van der Waals surface area contributed by atoms with Crippen LogP contribution < -0.4 is 11.1 Å². The van der Waals surface area contributed by atoms with Gasteiger partial charge in [0.1, 0.15) is 5.82 Å². The summed E-state index contributed by atoms with van der Waals surface area (Å²) in [6.07, 6.45) is 6.02. The number of nitrogens with zero attached hydrogens (tertiary/aromatic N) is 1. The van der Waals surface area contributed by atoms with Crippen molar-refractivity contribution in [2.24, 2.45) is 5.92 Å². The lowest BCUT2D eigenvalue weighted by molar-refractivity contribution is 0.155. The molecule has 0 amide bonds.